The third-order valence-electron chi connectivity index (χ3n) is 2.23. The van der Waals surface area contributed by atoms with Crippen LogP contribution in [0.25, 0.3) is 0 Å². The lowest BCUT2D eigenvalue weighted by molar-refractivity contribution is -0.131. The van der Waals surface area contributed by atoms with Gasteiger partial charge in [-0.1, -0.05) is 0 Å². The molecule has 1 aliphatic carbocycles. The number of carbonyl (C=O) groups is 2. The smallest absolute Gasteiger partial charge is 0.242 e. The largest absolute Gasteiger partial charge is 0.368 e. The Balaban J connectivity index is 2.48. The van der Waals surface area contributed by atoms with Gasteiger partial charge in [0.25, 0.3) is 0 Å². The molecule has 2 atom stereocenters. The summed E-state index contributed by atoms with van der Waals surface area (Å²) in [6.45, 7) is 3.14. The number of hydrogen-bond acceptors (Lipinski definition) is 3. The maximum atomic E-state index is 11.3. The predicted octanol–water partition coefficient (Wildman–Crippen LogP) is -1.29. The van der Waals surface area contributed by atoms with Crippen LogP contribution in [-0.2, 0) is 9.59 Å². The van der Waals surface area contributed by atoms with E-state index >= 15 is 0 Å². The highest BCUT2D eigenvalue weighted by molar-refractivity contribution is 5.91. The first-order chi connectivity index (χ1) is 5.84. The van der Waals surface area contributed by atoms with E-state index in [9.17, 15) is 9.59 Å². The second kappa shape index (κ2) is 2.99. The molecule has 5 heteroatoms. The minimum atomic E-state index is -0.987. The SMILES string of the molecule is CC(C)(NC(=O)C1CC1N)C(N)=O. The Kier molecular flexibility index (Phi) is 2.30. The van der Waals surface area contributed by atoms with Gasteiger partial charge in [-0.15, -0.1) is 0 Å². The van der Waals surface area contributed by atoms with Gasteiger partial charge >= 0.3 is 0 Å². The Hall–Kier alpha value is -1.10. The quantitative estimate of drug-likeness (QED) is 0.510. The van der Waals surface area contributed by atoms with Gasteiger partial charge in [-0.25, -0.2) is 0 Å². The first kappa shape index (κ1) is 9.98. The molecule has 5 N–H and O–H groups in total. The molecule has 0 aromatic heterocycles. The summed E-state index contributed by atoms with van der Waals surface area (Å²) in [7, 11) is 0. The van der Waals surface area contributed by atoms with Crippen LogP contribution in [0.1, 0.15) is 20.3 Å². The average Bonchev–Trinajstić information content (AvgIpc) is 2.65. The Bertz CT molecular complexity index is 250. The first-order valence-electron chi connectivity index (χ1n) is 4.22. The molecular weight excluding hydrogens is 170 g/mol. The van der Waals surface area contributed by atoms with Crippen LogP contribution in [0.5, 0.6) is 0 Å². The fraction of sp³-hybridized carbons (Fsp3) is 0.750. The Labute approximate surface area is 76.8 Å². The summed E-state index contributed by atoms with van der Waals surface area (Å²) in [4.78, 5) is 22.2. The third kappa shape index (κ3) is 2.18. The van der Waals surface area contributed by atoms with Gasteiger partial charge in [-0.3, -0.25) is 9.59 Å². The molecule has 13 heavy (non-hydrogen) atoms. The minimum Gasteiger partial charge on any atom is -0.368 e. The van der Waals surface area contributed by atoms with E-state index in [0.717, 1.165) is 0 Å². The summed E-state index contributed by atoms with van der Waals surface area (Å²) >= 11 is 0. The monoisotopic (exact) mass is 185 g/mol. The summed E-state index contributed by atoms with van der Waals surface area (Å²) in [5, 5.41) is 2.55. The average molecular weight is 185 g/mol. The molecule has 1 rings (SSSR count). The molecule has 0 saturated heterocycles. The molecule has 0 bridgehead atoms. The van der Waals surface area contributed by atoms with E-state index in [-0.39, 0.29) is 17.9 Å². The number of rotatable bonds is 3. The van der Waals surface area contributed by atoms with Crippen LogP contribution in [0, 0.1) is 5.92 Å². The maximum Gasteiger partial charge on any atom is 0.242 e. The number of nitrogens with one attached hydrogen (secondary N) is 1. The van der Waals surface area contributed by atoms with E-state index in [4.69, 9.17) is 11.5 Å². The lowest BCUT2D eigenvalue weighted by Crippen LogP contribution is -2.53. The van der Waals surface area contributed by atoms with Crippen LogP contribution < -0.4 is 16.8 Å². The molecule has 0 radical (unpaired) electrons. The van der Waals surface area contributed by atoms with E-state index in [1.165, 1.54) is 0 Å². The van der Waals surface area contributed by atoms with E-state index in [0.29, 0.717) is 6.42 Å². The van der Waals surface area contributed by atoms with Crippen LogP contribution in [0.3, 0.4) is 0 Å². The van der Waals surface area contributed by atoms with Crippen molar-refractivity contribution in [3.8, 4) is 0 Å². The fourth-order valence-electron chi connectivity index (χ4n) is 0.978. The normalized spacial score (nSPS) is 26.7. The van der Waals surface area contributed by atoms with Crippen molar-refractivity contribution >= 4 is 11.8 Å². The van der Waals surface area contributed by atoms with Crippen LogP contribution in [0.15, 0.2) is 0 Å². The molecule has 0 aromatic rings. The number of nitrogens with two attached hydrogens (primary N) is 2. The van der Waals surface area contributed by atoms with Crippen molar-refractivity contribution in [1.29, 1.82) is 0 Å². The molecule has 0 aromatic carbocycles. The highest BCUT2D eigenvalue weighted by Gasteiger charge is 2.42. The van der Waals surface area contributed by atoms with Crippen LogP contribution in [-0.4, -0.2) is 23.4 Å². The van der Waals surface area contributed by atoms with Gasteiger partial charge in [-0.05, 0) is 20.3 Å². The van der Waals surface area contributed by atoms with Crippen molar-refractivity contribution in [2.24, 2.45) is 17.4 Å². The molecule has 0 spiro atoms. The van der Waals surface area contributed by atoms with Crippen molar-refractivity contribution < 1.29 is 9.59 Å². The zero-order chi connectivity index (χ0) is 10.2. The van der Waals surface area contributed by atoms with Crippen molar-refractivity contribution in [2.75, 3.05) is 0 Å². The van der Waals surface area contributed by atoms with Gasteiger partial charge in [0.2, 0.25) is 11.8 Å². The summed E-state index contributed by atoms with van der Waals surface area (Å²) < 4.78 is 0. The molecule has 5 nitrogen and oxygen atoms in total. The van der Waals surface area contributed by atoms with Crippen molar-refractivity contribution in [2.45, 2.75) is 31.8 Å². The van der Waals surface area contributed by atoms with Gasteiger partial charge in [-0.2, -0.15) is 0 Å². The Morgan fingerprint density at radius 2 is 1.92 bits per heavy atom. The summed E-state index contributed by atoms with van der Waals surface area (Å²) in [6, 6.07) is -0.0522. The molecule has 1 aliphatic rings. The summed E-state index contributed by atoms with van der Waals surface area (Å²) in [5.41, 5.74) is 9.59. The topological polar surface area (TPSA) is 98.2 Å². The number of carbonyl (C=O) groups excluding carboxylic acids is 2. The van der Waals surface area contributed by atoms with Crippen LogP contribution in [0.4, 0.5) is 0 Å². The van der Waals surface area contributed by atoms with Gasteiger partial charge in [0.1, 0.15) is 5.54 Å². The van der Waals surface area contributed by atoms with E-state index in [1.54, 1.807) is 13.8 Å². The Morgan fingerprint density at radius 3 is 2.23 bits per heavy atom. The maximum absolute atomic E-state index is 11.3. The lowest BCUT2D eigenvalue weighted by atomic mass is 10.0. The highest BCUT2D eigenvalue weighted by Crippen LogP contribution is 2.28. The molecule has 74 valence electrons. The standard InChI is InChI=1S/C8H15N3O2/c1-8(2,7(10)13)11-6(12)4-3-5(4)9/h4-5H,3,9H2,1-2H3,(H2,10,13)(H,11,12). The molecule has 2 unspecified atom stereocenters. The molecule has 0 heterocycles. The summed E-state index contributed by atoms with van der Waals surface area (Å²) in [5.74, 6) is -0.870. The van der Waals surface area contributed by atoms with Crippen molar-refractivity contribution in [1.82, 2.24) is 5.32 Å². The van der Waals surface area contributed by atoms with Gasteiger partial charge in [0.05, 0.1) is 5.92 Å². The second-order valence-corrected chi connectivity index (χ2v) is 3.98. The van der Waals surface area contributed by atoms with Gasteiger partial charge in [0, 0.05) is 6.04 Å². The Morgan fingerprint density at radius 1 is 1.46 bits per heavy atom. The zero-order valence-electron chi connectivity index (χ0n) is 7.83. The van der Waals surface area contributed by atoms with Crippen LogP contribution in [0.2, 0.25) is 0 Å². The lowest BCUT2D eigenvalue weighted by Gasteiger charge is -2.22. The fourth-order valence-corrected chi connectivity index (χ4v) is 0.978. The molecule has 1 fully saturated rings. The summed E-state index contributed by atoms with van der Waals surface area (Å²) in [6.07, 6.45) is 0.695. The van der Waals surface area contributed by atoms with Crippen LogP contribution >= 0.6 is 0 Å². The van der Waals surface area contributed by atoms with Crippen molar-refractivity contribution in [3.05, 3.63) is 0 Å². The van der Waals surface area contributed by atoms with Gasteiger partial charge in [0.15, 0.2) is 0 Å². The molecular formula is C8H15N3O2. The molecule has 1 saturated carbocycles. The number of primary amides is 1. The zero-order valence-corrected chi connectivity index (χ0v) is 7.83. The predicted molar refractivity (Wildman–Crippen MR) is 47.5 cm³/mol. The van der Waals surface area contributed by atoms with E-state index in [1.807, 2.05) is 0 Å². The number of hydrogen-bond donors (Lipinski definition) is 3. The molecule has 2 amide bonds. The highest BCUT2D eigenvalue weighted by atomic mass is 16.2. The minimum absolute atomic E-state index is 0.0522. The van der Waals surface area contributed by atoms with E-state index < -0.39 is 11.4 Å². The first-order valence-corrected chi connectivity index (χ1v) is 4.22. The third-order valence-corrected chi connectivity index (χ3v) is 2.23. The second-order valence-electron chi connectivity index (χ2n) is 3.98. The molecule has 0 aliphatic heterocycles. The van der Waals surface area contributed by atoms with E-state index in [2.05, 4.69) is 5.32 Å². The van der Waals surface area contributed by atoms with Crippen molar-refractivity contribution in [3.63, 3.8) is 0 Å². The van der Waals surface area contributed by atoms with Gasteiger partial charge < -0.3 is 16.8 Å². The number of amides is 2.